The van der Waals surface area contributed by atoms with E-state index in [1.165, 1.54) is 5.56 Å². The first-order valence-electron chi connectivity index (χ1n) is 3.87. The van der Waals surface area contributed by atoms with Crippen LogP contribution in [0.1, 0.15) is 11.3 Å². The van der Waals surface area contributed by atoms with E-state index < -0.39 is 0 Å². The molecule has 0 saturated heterocycles. The summed E-state index contributed by atoms with van der Waals surface area (Å²) < 4.78 is 1.86. The number of aromatic nitrogens is 3. The molecule has 2 aromatic heterocycles. The molecule has 0 aliphatic heterocycles. The standard InChI is InChI=1S/C9H10N3/c1-6-4-8-9(11-7(6)2)10-5-12(8)3/h4H,1-3H3. The van der Waals surface area contributed by atoms with Crippen molar-refractivity contribution in [1.29, 1.82) is 0 Å². The highest BCUT2D eigenvalue weighted by Gasteiger charge is 2.03. The number of pyridine rings is 1. The molecule has 1 radical (unpaired) electrons. The molecule has 0 amide bonds. The Morgan fingerprint density at radius 2 is 2.17 bits per heavy atom. The highest BCUT2D eigenvalue weighted by Crippen LogP contribution is 2.12. The van der Waals surface area contributed by atoms with Gasteiger partial charge in [-0.2, -0.15) is 0 Å². The molecule has 0 saturated carbocycles. The van der Waals surface area contributed by atoms with Gasteiger partial charge in [0.15, 0.2) is 12.0 Å². The normalized spacial score (nSPS) is 10.9. The maximum absolute atomic E-state index is 4.33. The lowest BCUT2D eigenvalue weighted by molar-refractivity contribution is 0.935. The van der Waals surface area contributed by atoms with E-state index in [-0.39, 0.29) is 0 Å². The molecule has 0 bridgehead atoms. The zero-order valence-electron chi connectivity index (χ0n) is 7.42. The quantitative estimate of drug-likeness (QED) is 0.583. The van der Waals surface area contributed by atoms with Gasteiger partial charge in [-0.25, -0.2) is 9.97 Å². The second-order valence-electron chi connectivity index (χ2n) is 3.00. The Labute approximate surface area is 71.1 Å². The lowest BCUT2D eigenvalue weighted by Crippen LogP contribution is -1.90. The van der Waals surface area contributed by atoms with Crippen LogP contribution >= 0.6 is 0 Å². The number of fused-ring (bicyclic) bond motifs is 1. The number of hydrogen-bond donors (Lipinski definition) is 0. The molecule has 2 heterocycles. The summed E-state index contributed by atoms with van der Waals surface area (Å²) in [6.45, 7) is 4.04. The molecule has 3 heteroatoms. The summed E-state index contributed by atoms with van der Waals surface area (Å²) in [6, 6.07) is 2.08. The van der Waals surface area contributed by atoms with Gasteiger partial charge in [-0.3, -0.25) is 0 Å². The third-order valence-corrected chi connectivity index (χ3v) is 2.09. The average molecular weight is 160 g/mol. The summed E-state index contributed by atoms with van der Waals surface area (Å²) in [7, 11) is 1.92. The second-order valence-corrected chi connectivity index (χ2v) is 3.00. The summed E-state index contributed by atoms with van der Waals surface area (Å²) in [5.41, 5.74) is 4.05. The third-order valence-electron chi connectivity index (χ3n) is 2.09. The molecule has 61 valence electrons. The van der Waals surface area contributed by atoms with Crippen LogP contribution in [-0.2, 0) is 7.05 Å². The number of hydrogen-bond acceptors (Lipinski definition) is 2. The minimum atomic E-state index is 0.778. The van der Waals surface area contributed by atoms with E-state index in [9.17, 15) is 0 Å². The van der Waals surface area contributed by atoms with Crippen molar-refractivity contribution in [3.8, 4) is 0 Å². The predicted molar refractivity (Wildman–Crippen MR) is 46.8 cm³/mol. The smallest absolute Gasteiger partial charge is 0.179 e. The fourth-order valence-corrected chi connectivity index (χ4v) is 1.18. The first-order valence-corrected chi connectivity index (χ1v) is 3.87. The van der Waals surface area contributed by atoms with Crippen LogP contribution in [0, 0.1) is 20.2 Å². The molecule has 0 aliphatic carbocycles. The molecule has 0 unspecified atom stereocenters. The zero-order valence-corrected chi connectivity index (χ0v) is 7.42. The third kappa shape index (κ3) is 0.897. The zero-order chi connectivity index (χ0) is 8.72. The Hall–Kier alpha value is -1.38. The largest absolute Gasteiger partial charge is 0.323 e. The summed E-state index contributed by atoms with van der Waals surface area (Å²) in [4.78, 5) is 8.38. The SMILES string of the molecule is Cc1cc2c(n[c]n2C)nc1C. The summed E-state index contributed by atoms with van der Waals surface area (Å²) >= 11 is 0. The maximum atomic E-state index is 4.33. The second kappa shape index (κ2) is 2.30. The van der Waals surface area contributed by atoms with Gasteiger partial charge in [0.1, 0.15) is 0 Å². The van der Waals surface area contributed by atoms with Gasteiger partial charge in [-0.15, -0.1) is 0 Å². The van der Waals surface area contributed by atoms with Crippen LogP contribution in [0.3, 0.4) is 0 Å². The molecule has 0 atom stereocenters. The molecular formula is C9H10N3. The van der Waals surface area contributed by atoms with Crippen LogP contribution in [0.4, 0.5) is 0 Å². The van der Waals surface area contributed by atoms with Gasteiger partial charge >= 0.3 is 0 Å². The predicted octanol–water partition coefficient (Wildman–Crippen LogP) is 1.39. The average Bonchev–Trinajstić information content (AvgIpc) is 2.35. The fourth-order valence-electron chi connectivity index (χ4n) is 1.18. The number of imidazole rings is 1. The van der Waals surface area contributed by atoms with Crippen molar-refractivity contribution in [2.75, 3.05) is 0 Å². The van der Waals surface area contributed by atoms with E-state index in [0.29, 0.717) is 0 Å². The lowest BCUT2D eigenvalue weighted by Gasteiger charge is -1.98. The molecule has 3 nitrogen and oxygen atoms in total. The Balaban J connectivity index is 2.87. The van der Waals surface area contributed by atoms with Gasteiger partial charge in [-0.05, 0) is 25.5 Å². The van der Waals surface area contributed by atoms with E-state index in [1.54, 1.807) is 0 Å². The number of rotatable bonds is 0. The van der Waals surface area contributed by atoms with E-state index in [2.05, 4.69) is 29.3 Å². The van der Waals surface area contributed by atoms with Crippen LogP contribution < -0.4 is 0 Å². The van der Waals surface area contributed by atoms with Crippen LogP contribution in [0.5, 0.6) is 0 Å². The van der Waals surface area contributed by atoms with Crippen LogP contribution in [0.15, 0.2) is 6.07 Å². The van der Waals surface area contributed by atoms with E-state index in [0.717, 1.165) is 16.9 Å². The van der Waals surface area contributed by atoms with Gasteiger partial charge in [0.05, 0.1) is 5.52 Å². The van der Waals surface area contributed by atoms with Crippen molar-refractivity contribution in [1.82, 2.24) is 14.5 Å². The van der Waals surface area contributed by atoms with Crippen molar-refractivity contribution >= 4 is 11.2 Å². The van der Waals surface area contributed by atoms with Gasteiger partial charge in [0, 0.05) is 12.7 Å². The minimum absolute atomic E-state index is 0.778. The van der Waals surface area contributed by atoms with Crippen molar-refractivity contribution in [3.63, 3.8) is 0 Å². The first kappa shape index (κ1) is 7.28. The Morgan fingerprint density at radius 1 is 1.42 bits per heavy atom. The monoisotopic (exact) mass is 160 g/mol. The van der Waals surface area contributed by atoms with Crippen molar-refractivity contribution in [2.24, 2.45) is 7.05 Å². The molecule has 0 spiro atoms. The van der Waals surface area contributed by atoms with Gasteiger partial charge in [-0.1, -0.05) is 0 Å². The molecule has 0 fully saturated rings. The first-order chi connectivity index (χ1) is 5.68. The lowest BCUT2D eigenvalue weighted by atomic mass is 10.2. The Morgan fingerprint density at radius 3 is 2.92 bits per heavy atom. The molecule has 2 aromatic rings. The number of nitrogens with zero attached hydrogens (tertiary/aromatic N) is 3. The van der Waals surface area contributed by atoms with Crippen molar-refractivity contribution in [2.45, 2.75) is 13.8 Å². The molecule has 0 N–H and O–H groups in total. The van der Waals surface area contributed by atoms with E-state index >= 15 is 0 Å². The van der Waals surface area contributed by atoms with Crippen molar-refractivity contribution in [3.05, 3.63) is 23.7 Å². The fraction of sp³-hybridized carbons (Fsp3) is 0.333. The van der Waals surface area contributed by atoms with Crippen LogP contribution in [0.25, 0.3) is 11.2 Å². The summed E-state index contributed by atoms with van der Waals surface area (Å²) in [6.07, 6.45) is 2.84. The van der Waals surface area contributed by atoms with E-state index in [4.69, 9.17) is 0 Å². The Kier molecular flexibility index (Phi) is 1.40. The van der Waals surface area contributed by atoms with Crippen LogP contribution in [-0.4, -0.2) is 14.5 Å². The highest BCUT2D eigenvalue weighted by atomic mass is 15.1. The topological polar surface area (TPSA) is 30.7 Å². The molecule has 0 aliphatic rings. The van der Waals surface area contributed by atoms with Gasteiger partial charge < -0.3 is 4.57 Å². The summed E-state index contributed by atoms with van der Waals surface area (Å²) in [5, 5.41) is 0. The van der Waals surface area contributed by atoms with Gasteiger partial charge in [0.25, 0.3) is 0 Å². The summed E-state index contributed by atoms with van der Waals surface area (Å²) in [5.74, 6) is 0. The molecular weight excluding hydrogens is 150 g/mol. The van der Waals surface area contributed by atoms with Gasteiger partial charge in [0.2, 0.25) is 0 Å². The number of aryl methyl sites for hydroxylation is 3. The highest BCUT2D eigenvalue weighted by molar-refractivity contribution is 5.71. The Bertz CT molecular complexity index is 429. The molecule has 12 heavy (non-hydrogen) atoms. The molecule has 2 rings (SSSR count). The van der Waals surface area contributed by atoms with E-state index in [1.807, 2.05) is 18.5 Å². The van der Waals surface area contributed by atoms with Crippen molar-refractivity contribution < 1.29 is 0 Å². The molecule has 0 aromatic carbocycles. The minimum Gasteiger partial charge on any atom is -0.323 e. The van der Waals surface area contributed by atoms with Crippen LogP contribution in [0.2, 0.25) is 0 Å². The maximum Gasteiger partial charge on any atom is 0.179 e.